The molecule has 0 unspecified atom stereocenters. The third kappa shape index (κ3) is 4.91. The second-order valence-electron chi connectivity index (χ2n) is 5.67. The largest absolute Gasteiger partial charge is 0.493 e. The highest BCUT2D eigenvalue weighted by molar-refractivity contribution is 9.10. The highest BCUT2D eigenvalue weighted by Gasteiger charge is 2.15. The van der Waals surface area contributed by atoms with E-state index in [1.807, 2.05) is 12.1 Å². The number of nitrogens with two attached hydrogens (primary N) is 1. The van der Waals surface area contributed by atoms with Crippen molar-refractivity contribution in [3.8, 4) is 28.6 Å². The minimum Gasteiger partial charge on any atom is -0.493 e. The van der Waals surface area contributed by atoms with Gasteiger partial charge in [0.25, 0.3) is 0 Å². The van der Waals surface area contributed by atoms with Crippen LogP contribution in [0.4, 0.5) is 8.78 Å². The van der Waals surface area contributed by atoms with E-state index in [4.69, 9.17) is 15.3 Å². The van der Waals surface area contributed by atoms with Gasteiger partial charge in [-0.1, -0.05) is 27.7 Å². The fraction of sp³-hybridized carbons (Fsp3) is 0.222. The maximum absolute atomic E-state index is 12.3. The van der Waals surface area contributed by atoms with Crippen LogP contribution in [0.2, 0.25) is 0 Å². The van der Waals surface area contributed by atoms with Crippen molar-refractivity contribution in [1.29, 1.82) is 0 Å². The molecule has 154 valence electrons. The minimum absolute atomic E-state index is 0.0553. The summed E-state index contributed by atoms with van der Waals surface area (Å²) >= 11 is 4.91. The van der Waals surface area contributed by atoms with Crippen LogP contribution in [0.15, 0.2) is 46.0 Å². The molecular formula is C18H17BrF2N4O3S. The van der Waals surface area contributed by atoms with E-state index in [-0.39, 0.29) is 5.75 Å². The average Bonchev–Trinajstić information content (AvgIpc) is 3.07. The summed E-state index contributed by atoms with van der Waals surface area (Å²) in [4.78, 5) is 0. The Labute approximate surface area is 178 Å². The average molecular weight is 487 g/mol. The van der Waals surface area contributed by atoms with Gasteiger partial charge in [0.2, 0.25) is 5.16 Å². The van der Waals surface area contributed by atoms with E-state index in [1.165, 1.54) is 28.6 Å². The van der Waals surface area contributed by atoms with Crippen LogP contribution in [0.5, 0.6) is 17.2 Å². The molecule has 7 nitrogen and oxygen atoms in total. The lowest BCUT2D eigenvalue weighted by molar-refractivity contribution is -0.0498. The molecule has 1 aromatic heterocycles. The lowest BCUT2D eigenvalue weighted by Gasteiger charge is -2.11. The van der Waals surface area contributed by atoms with E-state index >= 15 is 0 Å². The number of hydrogen-bond acceptors (Lipinski definition) is 7. The smallest absolute Gasteiger partial charge is 0.387 e. The third-order valence-corrected chi connectivity index (χ3v) is 5.64. The van der Waals surface area contributed by atoms with Gasteiger partial charge in [0.05, 0.1) is 14.2 Å². The fourth-order valence-corrected chi connectivity index (χ4v) is 4.00. The molecular weight excluding hydrogens is 470 g/mol. The number of nitrogen functional groups attached to an aromatic ring is 1. The Hall–Kier alpha value is -2.53. The van der Waals surface area contributed by atoms with Gasteiger partial charge in [0, 0.05) is 15.8 Å². The number of ether oxygens (including phenoxy) is 3. The fourth-order valence-electron chi connectivity index (χ4n) is 2.51. The monoisotopic (exact) mass is 486 g/mol. The summed E-state index contributed by atoms with van der Waals surface area (Å²) in [6.45, 7) is -2.88. The molecule has 3 rings (SSSR count). The quantitative estimate of drug-likeness (QED) is 0.374. The van der Waals surface area contributed by atoms with Crippen LogP contribution in [0.25, 0.3) is 11.4 Å². The number of hydrogen-bond donors (Lipinski definition) is 1. The standard InChI is InChI=1S/C18H17BrF2N4O3S/c1-26-14-7-11(13(19)8-15(14)27-2)9-29-18-24-23-16(25(18)22)10-3-5-12(6-4-10)28-17(20)21/h3-8,17H,9,22H2,1-2H3. The molecule has 0 saturated carbocycles. The van der Waals surface area contributed by atoms with Gasteiger partial charge in [-0.25, -0.2) is 4.68 Å². The zero-order chi connectivity index (χ0) is 21.0. The molecule has 11 heteroatoms. The maximum Gasteiger partial charge on any atom is 0.387 e. The molecule has 0 saturated heterocycles. The summed E-state index contributed by atoms with van der Waals surface area (Å²) in [6.07, 6.45) is 0. The zero-order valence-corrected chi connectivity index (χ0v) is 17.8. The lowest BCUT2D eigenvalue weighted by Crippen LogP contribution is -2.11. The molecule has 0 aliphatic rings. The normalized spacial score (nSPS) is 11.0. The molecule has 0 aliphatic heterocycles. The molecule has 0 amide bonds. The summed E-state index contributed by atoms with van der Waals surface area (Å²) in [6, 6.07) is 9.72. The molecule has 0 fully saturated rings. The zero-order valence-electron chi connectivity index (χ0n) is 15.4. The van der Waals surface area contributed by atoms with Crippen molar-refractivity contribution in [1.82, 2.24) is 14.9 Å². The first kappa shape index (κ1) is 21.2. The molecule has 0 bridgehead atoms. The van der Waals surface area contributed by atoms with Gasteiger partial charge in [-0.3, -0.25) is 0 Å². The predicted octanol–water partition coefficient (Wildman–Crippen LogP) is 4.33. The molecule has 0 aliphatic carbocycles. The summed E-state index contributed by atoms with van der Waals surface area (Å²) in [7, 11) is 3.15. The molecule has 0 radical (unpaired) electrons. The van der Waals surface area contributed by atoms with Crippen molar-refractivity contribution in [3.63, 3.8) is 0 Å². The first-order chi connectivity index (χ1) is 13.9. The van der Waals surface area contributed by atoms with Gasteiger partial charge < -0.3 is 20.1 Å². The first-order valence-corrected chi connectivity index (χ1v) is 9.99. The predicted molar refractivity (Wildman–Crippen MR) is 109 cm³/mol. The maximum atomic E-state index is 12.3. The first-order valence-electron chi connectivity index (χ1n) is 8.22. The Morgan fingerprint density at radius 3 is 2.38 bits per heavy atom. The van der Waals surface area contributed by atoms with Gasteiger partial charge >= 0.3 is 6.61 Å². The van der Waals surface area contributed by atoms with Crippen LogP contribution in [0.1, 0.15) is 5.56 Å². The second kappa shape index (κ2) is 9.31. The molecule has 1 heterocycles. The number of benzene rings is 2. The van der Waals surface area contributed by atoms with Crippen molar-refractivity contribution in [2.75, 3.05) is 20.1 Å². The van der Waals surface area contributed by atoms with Gasteiger partial charge in [-0.2, -0.15) is 8.78 Å². The Balaban J connectivity index is 1.75. The number of aromatic nitrogens is 3. The van der Waals surface area contributed by atoms with Crippen LogP contribution in [0.3, 0.4) is 0 Å². The Morgan fingerprint density at radius 2 is 1.76 bits per heavy atom. The molecule has 2 aromatic carbocycles. The molecule has 29 heavy (non-hydrogen) atoms. The third-order valence-electron chi connectivity index (χ3n) is 3.91. The Kier molecular flexibility index (Phi) is 6.80. The van der Waals surface area contributed by atoms with Gasteiger partial charge in [-0.15, -0.1) is 10.2 Å². The van der Waals surface area contributed by atoms with E-state index in [0.717, 1.165) is 10.0 Å². The number of alkyl halides is 2. The molecule has 3 aromatic rings. The van der Waals surface area contributed by atoms with Crippen molar-refractivity contribution >= 4 is 27.7 Å². The number of rotatable bonds is 8. The topological polar surface area (TPSA) is 84.4 Å². The van der Waals surface area contributed by atoms with Crippen LogP contribution in [-0.2, 0) is 5.75 Å². The van der Waals surface area contributed by atoms with E-state index in [9.17, 15) is 8.78 Å². The lowest BCUT2D eigenvalue weighted by atomic mass is 10.2. The van der Waals surface area contributed by atoms with Gasteiger partial charge in [0.1, 0.15) is 5.75 Å². The van der Waals surface area contributed by atoms with Crippen molar-refractivity contribution < 1.29 is 23.0 Å². The van der Waals surface area contributed by atoms with Crippen LogP contribution in [0, 0.1) is 0 Å². The van der Waals surface area contributed by atoms with Crippen molar-refractivity contribution in [2.45, 2.75) is 17.5 Å². The number of thioether (sulfide) groups is 1. The van der Waals surface area contributed by atoms with Crippen LogP contribution >= 0.6 is 27.7 Å². The van der Waals surface area contributed by atoms with E-state index in [0.29, 0.717) is 33.8 Å². The highest BCUT2D eigenvalue weighted by atomic mass is 79.9. The van der Waals surface area contributed by atoms with Crippen molar-refractivity contribution in [3.05, 3.63) is 46.4 Å². The molecule has 0 atom stereocenters. The van der Waals surface area contributed by atoms with Crippen LogP contribution < -0.4 is 20.1 Å². The van der Waals surface area contributed by atoms with Crippen molar-refractivity contribution in [2.24, 2.45) is 0 Å². The Morgan fingerprint density at radius 1 is 1.10 bits per heavy atom. The number of nitrogens with zero attached hydrogens (tertiary/aromatic N) is 3. The van der Waals surface area contributed by atoms with E-state index in [1.54, 1.807) is 26.4 Å². The number of halogens is 3. The van der Waals surface area contributed by atoms with Gasteiger partial charge in [-0.05, 0) is 42.0 Å². The summed E-state index contributed by atoms with van der Waals surface area (Å²) < 4.78 is 41.7. The SMILES string of the molecule is COc1cc(Br)c(CSc2nnc(-c3ccc(OC(F)F)cc3)n2N)cc1OC. The second-order valence-corrected chi connectivity index (χ2v) is 7.46. The summed E-state index contributed by atoms with van der Waals surface area (Å²) in [5.74, 6) is 8.37. The number of methoxy groups -OCH3 is 2. The summed E-state index contributed by atoms with van der Waals surface area (Å²) in [5.41, 5.74) is 1.59. The van der Waals surface area contributed by atoms with Crippen LogP contribution in [-0.4, -0.2) is 35.7 Å². The Bertz CT molecular complexity index is 986. The molecule has 0 spiro atoms. The minimum atomic E-state index is -2.88. The van der Waals surface area contributed by atoms with E-state index < -0.39 is 6.61 Å². The van der Waals surface area contributed by atoms with Gasteiger partial charge in [0.15, 0.2) is 17.3 Å². The summed E-state index contributed by atoms with van der Waals surface area (Å²) in [5, 5.41) is 8.70. The molecule has 2 N–H and O–H groups in total. The highest BCUT2D eigenvalue weighted by Crippen LogP contribution is 2.36. The van der Waals surface area contributed by atoms with E-state index in [2.05, 4.69) is 30.9 Å².